The van der Waals surface area contributed by atoms with Crippen molar-refractivity contribution in [2.75, 3.05) is 14.7 Å². The number of fused-ring (bicyclic) bond motifs is 8. The van der Waals surface area contributed by atoms with E-state index in [0.29, 0.717) is 0 Å². The summed E-state index contributed by atoms with van der Waals surface area (Å²) in [6.07, 6.45) is 16.0. The maximum atomic E-state index is 2.85. The number of benzene rings is 8. The molecule has 0 amide bonds. The van der Waals surface area contributed by atoms with Crippen molar-refractivity contribution in [2.24, 2.45) is 0 Å². The summed E-state index contributed by atoms with van der Waals surface area (Å²) in [7, 11) is 0. The summed E-state index contributed by atoms with van der Waals surface area (Å²) in [4.78, 5) is 8.30. The lowest BCUT2D eigenvalue weighted by Gasteiger charge is -2.51. The number of nitrogens with zero attached hydrogens (tertiary/aromatic N) is 3. The van der Waals surface area contributed by atoms with E-state index in [1.165, 1.54) is 130 Å². The number of hydrogen-bond donors (Lipinski definition) is 0. The quantitative estimate of drug-likeness (QED) is 0.154. The largest absolute Gasteiger partial charge is 0.334 e. The highest BCUT2D eigenvalue weighted by atomic mass is 15.3. The van der Waals surface area contributed by atoms with Crippen LogP contribution in [0.2, 0.25) is 0 Å². The molecule has 0 radical (unpaired) electrons. The summed E-state index contributed by atoms with van der Waals surface area (Å²) in [6.45, 7) is 29.3. The molecule has 8 aromatic carbocycles. The van der Waals surface area contributed by atoms with E-state index in [9.17, 15) is 0 Å². The molecule has 3 atom stereocenters. The molecule has 3 unspecified atom stereocenters. The molecule has 1 fully saturated rings. The zero-order chi connectivity index (χ0) is 56.2. The summed E-state index contributed by atoms with van der Waals surface area (Å²) in [5, 5.41) is 0. The first-order valence-electron chi connectivity index (χ1n) is 30.4. The van der Waals surface area contributed by atoms with Gasteiger partial charge in [0.25, 0.3) is 6.71 Å². The minimum Gasteiger partial charge on any atom is -0.334 e. The van der Waals surface area contributed by atoms with Gasteiger partial charge in [-0.3, -0.25) is 0 Å². The lowest BCUT2D eigenvalue weighted by Crippen LogP contribution is -2.62. The van der Waals surface area contributed by atoms with Gasteiger partial charge in [-0.2, -0.15) is 0 Å². The molecule has 3 heterocycles. The molecule has 0 N–H and O–H groups in total. The van der Waals surface area contributed by atoms with Crippen LogP contribution < -0.4 is 31.1 Å². The van der Waals surface area contributed by atoms with Crippen molar-refractivity contribution < 1.29 is 0 Å². The minimum atomic E-state index is -0.180. The molecule has 0 aromatic heterocycles. The zero-order valence-electron chi connectivity index (χ0n) is 50.1. The lowest BCUT2D eigenvalue weighted by molar-refractivity contribution is 0.195. The topological polar surface area (TPSA) is 9.72 Å². The maximum Gasteiger partial charge on any atom is 0.252 e. The summed E-state index contributed by atoms with van der Waals surface area (Å²) < 4.78 is 0. The minimum absolute atomic E-state index is 0.000589. The van der Waals surface area contributed by atoms with E-state index in [1.54, 1.807) is 0 Å². The van der Waals surface area contributed by atoms with E-state index in [0.717, 1.165) is 25.7 Å². The van der Waals surface area contributed by atoms with E-state index < -0.39 is 0 Å². The molecule has 3 aliphatic carbocycles. The first-order chi connectivity index (χ1) is 38.6. The standard InChI is InChI=1S/C77H80BN3/c1-72(2,3)55-34-37-65(59(43-55)52-29-20-15-21-30-52)80-68-48-61-60(74(7,8)49-75(61,9)10)47-64(68)78-63-36-33-54(51-27-18-14-19-28-51)42-67(63)79(57-32-24-31-53(41-57)50-25-16-13-17-26-50)69-45-58(46-70(80)71(69)78)81-66-38-35-56(73(4,5)6)44-62(66)76(11)39-22-23-40-77(76,81)12/h13-21,24-27,29-38,41-48,51H,22-23,28,39-40,49H2,1-12H3. The molecule has 0 bridgehead atoms. The molecular formula is C77H80BN3. The number of allylic oxidation sites excluding steroid dienone is 4. The second kappa shape index (κ2) is 18.1. The number of hydrogen-bond acceptors (Lipinski definition) is 3. The van der Waals surface area contributed by atoms with E-state index in [-0.39, 0.29) is 45.2 Å². The van der Waals surface area contributed by atoms with E-state index >= 15 is 0 Å². The van der Waals surface area contributed by atoms with Crippen LogP contribution in [0, 0.1) is 0 Å². The van der Waals surface area contributed by atoms with Crippen molar-refractivity contribution in [3.63, 3.8) is 0 Å². The van der Waals surface area contributed by atoms with Crippen LogP contribution in [0.3, 0.4) is 0 Å². The predicted molar refractivity (Wildman–Crippen MR) is 348 cm³/mol. The van der Waals surface area contributed by atoms with Crippen LogP contribution in [-0.4, -0.2) is 12.3 Å². The molecule has 3 nitrogen and oxygen atoms in total. The maximum absolute atomic E-state index is 2.85. The van der Waals surface area contributed by atoms with E-state index in [2.05, 4.69) is 286 Å². The molecule has 81 heavy (non-hydrogen) atoms. The SMILES string of the molecule is CC(C)(C)c1ccc(N2c3cc4c(cc3B3c5ccc(C6C=CC=CC6)cc5N(c5cccc(-c6ccccc6)c5)c5cc(N6c7ccc(C(C)(C)C)cc7C7(C)CCCCC67C)cc2c53)C(C)(C)CC4(C)C)c(-c2ccccc2)c1. The van der Waals surface area contributed by atoms with Gasteiger partial charge in [-0.05, 0) is 175 Å². The normalized spacial score (nSPS) is 21.8. The van der Waals surface area contributed by atoms with Crippen molar-refractivity contribution in [2.45, 2.75) is 160 Å². The molecule has 6 aliphatic rings. The molecule has 406 valence electrons. The van der Waals surface area contributed by atoms with Gasteiger partial charge in [-0.25, -0.2) is 0 Å². The van der Waals surface area contributed by atoms with Crippen LogP contribution in [0.4, 0.5) is 45.5 Å². The summed E-state index contributed by atoms with van der Waals surface area (Å²) in [5.41, 5.74) is 27.4. The Hall–Kier alpha value is -7.30. The fraction of sp³-hybridized carbons (Fsp3) is 0.325. The monoisotopic (exact) mass is 1060 g/mol. The third kappa shape index (κ3) is 7.96. The van der Waals surface area contributed by atoms with E-state index in [1.807, 2.05) is 0 Å². The summed E-state index contributed by atoms with van der Waals surface area (Å²) in [6, 6.07) is 64.8. The smallest absolute Gasteiger partial charge is 0.252 e. The Kier molecular flexibility index (Phi) is 11.6. The van der Waals surface area contributed by atoms with Gasteiger partial charge in [0, 0.05) is 56.7 Å². The van der Waals surface area contributed by atoms with Gasteiger partial charge in [-0.1, -0.05) is 223 Å². The molecule has 8 aromatic rings. The molecule has 14 rings (SSSR count). The third-order valence-corrected chi connectivity index (χ3v) is 20.6. The average molecular weight is 1060 g/mol. The van der Waals surface area contributed by atoms with Crippen molar-refractivity contribution in [1.29, 1.82) is 0 Å². The van der Waals surface area contributed by atoms with Gasteiger partial charge in [0.1, 0.15) is 0 Å². The van der Waals surface area contributed by atoms with Gasteiger partial charge in [0.2, 0.25) is 0 Å². The number of anilines is 8. The molecule has 3 aliphatic heterocycles. The fourth-order valence-corrected chi connectivity index (χ4v) is 16.3. The van der Waals surface area contributed by atoms with Crippen LogP contribution in [0.15, 0.2) is 188 Å². The van der Waals surface area contributed by atoms with E-state index in [4.69, 9.17) is 0 Å². The molecule has 1 saturated carbocycles. The van der Waals surface area contributed by atoms with Crippen molar-refractivity contribution in [3.8, 4) is 22.3 Å². The number of rotatable bonds is 6. The van der Waals surface area contributed by atoms with Crippen LogP contribution >= 0.6 is 0 Å². The van der Waals surface area contributed by atoms with Crippen molar-refractivity contribution >= 4 is 68.6 Å². The average Bonchev–Trinajstić information content (AvgIpc) is 2.25. The fourth-order valence-electron chi connectivity index (χ4n) is 16.3. The van der Waals surface area contributed by atoms with Crippen LogP contribution in [0.25, 0.3) is 22.3 Å². The van der Waals surface area contributed by atoms with Gasteiger partial charge >= 0.3 is 0 Å². The van der Waals surface area contributed by atoms with Gasteiger partial charge in [0.05, 0.1) is 11.2 Å². The summed E-state index contributed by atoms with van der Waals surface area (Å²) >= 11 is 0. The Morgan fingerprint density at radius 1 is 0.469 bits per heavy atom. The molecule has 4 heteroatoms. The Balaban J connectivity index is 1.14. The second-order valence-electron chi connectivity index (χ2n) is 28.8. The Morgan fingerprint density at radius 2 is 1.10 bits per heavy atom. The third-order valence-electron chi connectivity index (χ3n) is 20.6. The predicted octanol–water partition coefficient (Wildman–Crippen LogP) is 19.0. The Labute approximate surface area is 484 Å². The Morgan fingerprint density at radius 3 is 1.79 bits per heavy atom. The second-order valence-corrected chi connectivity index (χ2v) is 28.8. The first-order valence-corrected chi connectivity index (χ1v) is 30.4. The Bertz CT molecular complexity index is 3920. The molecule has 0 saturated heterocycles. The highest BCUT2D eigenvalue weighted by Gasteiger charge is 2.58. The van der Waals surface area contributed by atoms with Crippen LogP contribution in [0.1, 0.15) is 161 Å². The zero-order valence-corrected chi connectivity index (χ0v) is 50.1. The van der Waals surface area contributed by atoms with Gasteiger partial charge in [0.15, 0.2) is 0 Å². The summed E-state index contributed by atoms with van der Waals surface area (Å²) in [5.74, 6) is 0.289. The molecular weight excluding hydrogens is 978 g/mol. The molecule has 0 spiro atoms. The van der Waals surface area contributed by atoms with Crippen LogP contribution in [-0.2, 0) is 27.1 Å². The van der Waals surface area contributed by atoms with Crippen molar-refractivity contribution in [3.05, 3.63) is 221 Å². The first kappa shape index (κ1) is 51.8. The lowest BCUT2D eigenvalue weighted by atomic mass is 9.33. The highest BCUT2D eigenvalue weighted by Crippen LogP contribution is 2.63. The van der Waals surface area contributed by atoms with Crippen molar-refractivity contribution in [1.82, 2.24) is 0 Å². The van der Waals surface area contributed by atoms with Gasteiger partial charge in [-0.15, -0.1) is 0 Å². The highest BCUT2D eigenvalue weighted by molar-refractivity contribution is 7.00. The van der Waals surface area contributed by atoms with Crippen LogP contribution in [0.5, 0.6) is 0 Å². The van der Waals surface area contributed by atoms with Gasteiger partial charge < -0.3 is 14.7 Å².